The third-order valence-corrected chi connectivity index (χ3v) is 3.20. The third-order valence-electron chi connectivity index (χ3n) is 2.19. The van der Waals surface area contributed by atoms with E-state index in [0.717, 1.165) is 6.42 Å². The molecule has 6 nitrogen and oxygen atoms in total. The number of hydrogen-bond acceptors (Lipinski definition) is 6. The largest absolute Gasteiger partial charge is 0.465 e. The number of nitrogens with one attached hydrogen (secondary N) is 1. The molecule has 0 spiro atoms. The number of nitrogen functional groups attached to an aromatic ring is 1. The van der Waals surface area contributed by atoms with E-state index in [-0.39, 0.29) is 17.2 Å². The standard InChI is InChI=1S/C12H17N3O3S/c1-3-4-14-10(16)7-19-11-9(12(17)18-2)5-8(13)6-15-11/h5-6H,3-4,7,13H2,1-2H3,(H,14,16). The molecule has 0 saturated heterocycles. The molecule has 0 aromatic carbocycles. The second-order valence-corrected chi connectivity index (χ2v) is 4.72. The fraction of sp³-hybridized carbons (Fsp3) is 0.417. The topological polar surface area (TPSA) is 94.3 Å². The fourth-order valence-electron chi connectivity index (χ4n) is 1.29. The summed E-state index contributed by atoms with van der Waals surface area (Å²) in [4.78, 5) is 27.1. The Morgan fingerprint density at radius 3 is 2.89 bits per heavy atom. The van der Waals surface area contributed by atoms with Gasteiger partial charge in [0.15, 0.2) is 0 Å². The van der Waals surface area contributed by atoms with Crippen LogP contribution in [0, 0.1) is 0 Å². The Kier molecular flexibility index (Phi) is 6.14. The van der Waals surface area contributed by atoms with Gasteiger partial charge in [-0.1, -0.05) is 18.7 Å². The van der Waals surface area contributed by atoms with Gasteiger partial charge in [-0.05, 0) is 12.5 Å². The highest BCUT2D eigenvalue weighted by Crippen LogP contribution is 2.22. The van der Waals surface area contributed by atoms with Crippen LogP contribution in [0.3, 0.4) is 0 Å². The average molecular weight is 283 g/mol. The van der Waals surface area contributed by atoms with Gasteiger partial charge >= 0.3 is 5.97 Å². The summed E-state index contributed by atoms with van der Waals surface area (Å²) in [5.41, 5.74) is 6.23. The molecule has 0 aliphatic heterocycles. The maximum atomic E-state index is 11.6. The first-order chi connectivity index (χ1) is 9.08. The first-order valence-corrected chi connectivity index (χ1v) is 6.80. The van der Waals surface area contributed by atoms with E-state index in [1.807, 2.05) is 6.92 Å². The first-order valence-electron chi connectivity index (χ1n) is 5.81. The summed E-state index contributed by atoms with van der Waals surface area (Å²) < 4.78 is 4.66. The molecule has 1 amide bonds. The number of nitrogens with two attached hydrogens (primary N) is 1. The van der Waals surface area contributed by atoms with Gasteiger partial charge in [-0.3, -0.25) is 4.79 Å². The second-order valence-electron chi connectivity index (χ2n) is 3.75. The van der Waals surface area contributed by atoms with Crippen molar-refractivity contribution in [1.82, 2.24) is 10.3 Å². The predicted molar refractivity (Wildman–Crippen MR) is 74.0 cm³/mol. The smallest absolute Gasteiger partial charge is 0.340 e. The maximum Gasteiger partial charge on any atom is 0.340 e. The number of anilines is 1. The molecule has 0 bridgehead atoms. The fourth-order valence-corrected chi connectivity index (χ4v) is 2.08. The van der Waals surface area contributed by atoms with E-state index < -0.39 is 5.97 Å². The zero-order chi connectivity index (χ0) is 14.3. The Morgan fingerprint density at radius 1 is 1.53 bits per heavy atom. The van der Waals surface area contributed by atoms with Crippen molar-refractivity contribution < 1.29 is 14.3 Å². The summed E-state index contributed by atoms with van der Waals surface area (Å²) in [7, 11) is 1.29. The number of methoxy groups -OCH3 is 1. The SMILES string of the molecule is CCCNC(=O)CSc1ncc(N)cc1C(=O)OC. The average Bonchev–Trinajstić information content (AvgIpc) is 2.42. The Balaban J connectivity index is 2.72. The monoisotopic (exact) mass is 283 g/mol. The number of pyridine rings is 1. The lowest BCUT2D eigenvalue weighted by Gasteiger charge is -2.07. The van der Waals surface area contributed by atoms with Crippen LogP contribution in [0.25, 0.3) is 0 Å². The van der Waals surface area contributed by atoms with E-state index in [9.17, 15) is 9.59 Å². The van der Waals surface area contributed by atoms with E-state index in [1.54, 1.807) is 0 Å². The number of thioether (sulfide) groups is 1. The molecule has 3 N–H and O–H groups in total. The zero-order valence-electron chi connectivity index (χ0n) is 10.9. The normalized spacial score (nSPS) is 10.0. The predicted octanol–water partition coefficient (Wildman–Crippen LogP) is 1.07. The van der Waals surface area contributed by atoms with Crippen LogP contribution in [0.2, 0.25) is 0 Å². The summed E-state index contributed by atoms with van der Waals surface area (Å²) >= 11 is 1.18. The molecule has 0 aliphatic rings. The molecule has 0 atom stereocenters. The van der Waals surface area contributed by atoms with E-state index in [4.69, 9.17) is 5.73 Å². The summed E-state index contributed by atoms with van der Waals surface area (Å²) in [5.74, 6) is -0.418. The van der Waals surface area contributed by atoms with Gasteiger partial charge in [0.1, 0.15) is 5.03 Å². The lowest BCUT2D eigenvalue weighted by Crippen LogP contribution is -2.25. The molecule has 1 heterocycles. The van der Waals surface area contributed by atoms with Crippen LogP contribution in [0.1, 0.15) is 23.7 Å². The molecule has 0 saturated carbocycles. The van der Waals surface area contributed by atoms with Crippen molar-refractivity contribution in [3.05, 3.63) is 17.8 Å². The van der Waals surface area contributed by atoms with Gasteiger partial charge in [-0.2, -0.15) is 0 Å². The van der Waals surface area contributed by atoms with E-state index in [2.05, 4.69) is 15.0 Å². The van der Waals surface area contributed by atoms with Crippen molar-refractivity contribution in [2.45, 2.75) is 18.4 Å². The van der Waals surface area contributed by atoms with Gasteiger partial charge in [-0.15, -0.1) is 0 Å². The summed E-state index contributed by atoms with van der Waals surface area (Å²) in [5, 5.41) is 3.19. The molecule has 104 valence electrons. The molecular formula is C12H17N3O3S. The highest BCUT2D eigenvalue weighted by molar-refractivity contribution is 8.00. The van der Waals surface area contributed by atoms with Crippen molar-refractivity contribution in [2.75, 3.05) is 25.1 Å². The highest BCUT2D eigenvalue weighted by Gasteiger charge is 2.15. The number of carbonyl (C=O) groups is 2. The van der Waals surface area contributed by atoms with Crippen LogP contribution in [-0.2, 0) is 9.53 Å². The minimum absolute atomic E-state index is 0.0960. The lowest BCUT2D eigenvalue weighted by molar-refractivity contribution is -0.118. The minimum Gasteiger partial charge on any atom is -0.465 e. The molecule has 19 heavy (non-hydrogen) atoms. The van der Waals surface area contributed by atoms with Crippen molar-refractivity contribution in [1.29, 1.82) is 0 Å². The number of carbonyl (C=O) groups excluding carboxylic acids is 2. The summed E-state index contributed by atoms with van der Waals surface area (Å²) in [6, 6.07) is 1.49. The summed E-state index contributed by atoms with van der Waals surface area (Å²) in [6.45, 7) is 2.61. The van der Waals surface area contributed by atoms with Gasteiger partial charge in [0.25, 0.3) is 0 Å². The number of aromatic nitrogens is 1. The van der Waals surface area contributed by atoms with Crippen LogP contribution in [0.5, 0.6) is 0 Å². The number of rotatable bonds is 6. The van der Waals surface area contributed by atoms with Gasteiger partial charge in [0.2, 0.25) is 5.91 Å². The molecule has 1 aromatic heterocycles. The van der Waals surface area contributed by atoms with Gasteiger partial charge in [0.05, 0.1) is 30.3 Å². The van der Waals surface area contributed by atoms with Crippen molar-refractivity contribution in [3.8, 4) is 0 Å². The number of amides is 1. The second kappa shape index (κ2) is 7.63. The van der Waals surface area contributed by atoms with Gasteiger partial charge in [0, 0.05) is 6.54 Å². The van der Waals surface area contributed by atoms with E-state index in [0.29, 0.717) is 17.3 Å². The Bertz CT molecular complexity index is 466. The molecule has 0 unspecified atom stereocenters. The van der Waals surface area contributed by atoms with Crippen molar-refractivity contribution in [3.63, 3.8) is 0 Å². The van der Waals surface area contributed by atoms with Crippen LogP contribution in [0.4, 0.5) is 5.69 Å². The first kappa shape index (κ1) is 15.3. The molecular weight excluding hydrogens is 266 g/mol. The van der Waals surface area contributed by atoms with Crippen molar-refractivity contribution in [2.24, 2.45) is 0 Å². The Labute approximate surface area is 116 Å². The van der Waals surface area contributed by atoms with E-state index in [1.165, 1.54) is 31.1 Å². The number of nitrogens with zero attached hydrogens (tertiary/aromatic N) is 1. The molecule has 0 fully saturated rings. The van der Waals surface area contributed by atoms with Gasteiger partial charge in [-0.25, -0.2) is 9.78 Å². The number of hydrogen-bond donors (Lipinski definition) is 2. The highest BCUT2D eigenvalue weighted by atomic mass is 32.2. The van der Waals surface area contributed by atoms with Crippen LogP contribution in [-0.4, -0.2) is 36.3 Å². The van der Waals surface area contributed by atoms with Crippen LogP contribution >= 0.6 is 11.8 Å². The minimum atomic E-state index is -0.517. The van der Waals surface area contributed by atoms with Crippen LogP contribution in [0.15, 0.2) is 17.3 Å². The van der Waals surface area contributed by atoms with Gasteiger partial charge < -0.3 is 15.8 Å². The quantitative estimate of drug-likeness (QED) is 0.599. The Morgan fingerprint density at radius 2 is 2.26 bits per heavy atom. The number of ether oxygens (including phenoxy) is 1. The van der Waals surface area contributed by atoms with E-state index >= 15 is 0 Å². The third kappa shape index (κ3) is 4.78. The molecule has 7 heteroatoms. The molecule has 0 aliphatic carbocycles. The summed E-state index contributed by atoms with van der Waals surface area (Å²) in [6.07, 6.45) is 2.32. The lowest BCUT2D eigenvalue weighted by atomic mass is 10.3. The van der Waals surface area contributed by atoms with Crippen LogP contribution < -0.4 is 11.1 Å². The number of esters is 1. The molecule has 0 radical (unpaired) electrons. The molecule has 1 aromatic rings. The zero-order valence-corrected chi connectivity index (χ0v) is 11.8. The Hall–Kier alpha value is -1.76. The molecule has 1 rings (SSSR count). The van der Waals surface area contributed by atoms with Crippen molar-refractivity contribution >= 4 is 29.3 Å². The maximum absolute atomic E-state index is 11.6.